The van der Waals surface area contributed by atoms with Crippen LogP contribution in [0.15, 0.2) is 47.4 Å². The third-order valence-corrected chi connectivity index (χ3v) is 6.66. The second kappa shape index (κ2) is 6.59. The van der Waals surface area contributed by atoms with Crippen molar-refractivity contribution >= 4 is 38.9 Å². The van der Waals surface area contributed by atoms with E-state index in [1.807, 2.05) is 11.0 Å². The highest BCUT2D eigenvalue weighted by Crippen LogP contribution is 2.37. The van der Waals surface area contributed by atoms with E-state index >= 15 is 0 Å². The molecule has 0 atom stereocenters. The van der Waals surface area contributed by atoms with Gasteiger partial charge >= 0.3 is 0 Å². The van der Waals surface area contributed by atoms with Crippen LogP contribution in [0.1, 0.15) is 24.8 Å². The molecule has 1 heterocycles. The van der Waals surface area contributed by atoms with E-state index in [1.165, 1.54) is 6.07 Å². The maximum absolute atomic E-state index is 12.6. The normalized spacial score (nSPS) is 16.9. The van der Waals surface area contributed by atoms with Gasteiger partial charge < -0.3 is 4.90 Å². The molecule has 1 N–H and O–H groups in total. The number of nitrogens with one attached hydrogen (secondary N) is 1. The molecule has 0 saturated heterocycles. The Morgan fingerprint density at radius 3 is 2.65 bits per heavy atom. The molecule has 0 unspecified atom stereocenters. The smallest absolute Gasteiger partial charge is 0.263 e. The summed E-state index contributed by atoms with van der Waals surface area (Å²) in [4.78, 5) is 14.4. The Bertz CT molecular complexity index is 970. The van der Waals surface area contributed by atoms with Crippen LogP contribution in [0.25, 0.3) is 0 Å². The summed E-state index contributed by atoms with van der Waals surface area (Å²) < 4.78 is 27.9. The van der Waals surface area contributed by atoms with Crippen LogP contribution < -0.4 is 9.62 Å². The fourth-order valence-corrected chi connectivity index (χ4v) is 4.86. The molecule has 2 aromatic carbocycles. The SMILES string of the molecule is O=C(C1CC1)N1CCCc2ccc(NS(=O)(=O)c3ccccc3Cl)cc21. The summed E-state index contributed by atoms with van der Waals surface area (Å²) in [6.45, 7) is 0.684. The van der Waals surface area contributed by atoms with Crippen molar-refractivity contribution in [3.63, 3.8) is 0 Å². The quantitative estimate of drug-likeness (QED) is 0.862. The van der Waals surface area contributed by atoms with Crippen LogP contribution in [0.2, 0.25) is 5.02 Å². The van der Waals surface area contributed by atoms with Crippen molar-refractivity contribution in [3.8, 4) is 0 Å². The molecule has 2 aromatic rings. The standard InChI is InChI=1S/C19H19ClN2O3S/c20-16-5-1-2-6-18(16)26(24,25)21-15-10-9-13-4-3-11-22(17(13)12-15)19(23)14-7-8-14/h1-2,5-6,9-10,12,14,21H,3-4,7-8,11H2. The van der Waals surface area contributed by atoms with Crippen molar-refractivity contribution in [3.05, 3.63) is 53.1 Å². The molecule has 136 valence electrons. The largest absolute Gasteiger partial charge is 0.312 e. The first-order valence-electron chi connectivity index (χ1n) is 8.67. The third kappa shape index (κ3) is 3.31. The number of fused-ring (bicyclic) bond motifs is 1. The van der Waals surface area contributed by atoms with Gasteiger partial charge in [0.2, 0.25) is 5.91 Å². The van der Waals surface area contributed by atoms with Gasteiger partial charge in [0.1, 0.15) is 4.90 Å². The molecule has 0 bridgehead atoms. The topological polar surface area (TPSA) is 66.5 Å². The summed E-state index contributed by atoms with van der Waals surface area (Å²) in [7, 11) is -3.80. The maximum Gasteiger partial charge on any atom is 0.263 e. The van der Waals surface area contributed by atoms with Gasteiger partial charge in [0.15, 0.2) is 0 Å². The lowest BCUT2D eigenvalue weighted by atomic mass is 10.0. The number of carbonyl (C=O) groups is 1. The maximum atomic E-state index is 12.6. The van der Waals surface area contributed by atoms with E-state index in [1.54, 1.807) is 30.3 Å². The fraction of sp³-hybridized carbons (Fsp3) is 0.316. The third-order valence-electron chi connectivity index (χ3n) is 4.77. The van der Waals surface area contributed by atoms with E-state index in [0.717, 1.165) is 36.9 Å². The molecule has 4 rings (SSSR count). The number of anilines is 2. The highest BCUT2D eigenvalue weighted by Gasteiger charge is 2.35. The van der Waals surface area contributed by atoms with E-state index in [9.17, 15) is 13.2 Å². The predicted octanol–water partition coefficient (Wildman–Crippen LogP) is 3.83. The lowest BCUT2D eigenvalue weighted by Gasteiger charge is -2.30. The van der Waals surface area contributed by atoms with Crippen molar-refractivity contribution in [2.45, 2.75) is 30.6 Å². The Kier molecular flexibility index (Phi) is 4.40. The Balaban J connectivity index is 1.65. The van der Waals surface area contributed by atoms with E-state index in [0.29, 0.717) is 12.2 Å². The summed E-state index contributed by atoms with van der Waals surface area (Å²) >= 11 is 6.02. The number of benzene rings is 2. The monoisotopic (exact) mass is 390 g/mol. The van der Waals surface area contributed by atoms with Gasteiger partial charge in [0.25, 0.3) is 10.0 Å². The van der Waals surface area contributed by atoms with Crippen molar-refractivity contribution in [1.82, 2.24) is 0 Å². The van der Waals surface area contributed by atoms with Gasteiger partial charge in [-0.25, -0.2) is 8.42 Å². The molecular formula is C19H19ClN2O3S. The minimum atomic E-state index is -3.80. The van der Waals surface area contributed by atoms with E-state index in [2.05, 4.69) is 4.72 Å². The fourth-order valence-electron chi connectivity index (χ4n) is 3.29. The van der Waals surface area contributed by atoms with Crippen molar-refractivity contribution in [2.24, 2.45) is 5.92 Å². The molecule has 1 fully saturated rings. The molecule has 1 amide bonds. The Hall–Kier alpha value is -2.05. The van der Waals surface area contributed by atoms with Gasteiger partial charge in [0.05, 0.1) is 10.7 Å². The van der Waals surface area contributed by atoms with Gasteiger partial charge in [0, 0.05) is 18.2 Å². The van der Waals surface area contributed by atoms with Gasteiger partial charge in [-0.2, -0.15) is 0 Å². The molecule has 26 heavy (non-hydrogen) atoms. The molecule has 1 aliphatic carbocycles. The summed E-state index contributed by atoms with van der Waals surface area (Å²) in [5.74, 6) is 0.279. The van der Waals surface area contributed by atoms with Crippen LogP contribution in [-0.2, 0) is 21.2 Å². The van der Waals surface area contributed by atoms with Crippen LogP contribution in [-0.4, -0.2) is 20.9 Å². The van der Waals surface area contributed by atoms with Crippen molar-refractivity contribution in [1.29, 1.82) is 0 Å². The zero-order chi connectivity index (χ0) is 18.3. The van der Waals surface area contributed by atoms with Gasteiger partial charge in [-0.05, 0) is 55.5 Å². The first kappa shape index (κ1) is 17.4. The molecule has 7 heteroatoms. The molecule has 1 aliphatic heterocycles. The lowest BCUT2D eigenvalue weighted by molar-refractivity contribution is -0.119. The Labute approximate surface area is 158 Å². The predicted molar refractivity (Wildman–Crippen MR) is 102 cm³/mol. The van der Waals surface area contributed by atoms with Crippen molar-refractivity contribution in [2.75, 3.05) is 16.2 Å². The second-order valence-corrected chi connectivity index (χ2v) is 8.81. The first-order chi connectivity index (χ1) is 12.5. The average molecular weight is 391 g/mol. The zero-order valence-electron chi connectivity index (χ0n) is 14.1. The number of hydrogen-bond acceptors (Lipinski definition) is 3. The van der Waals surface area contributed by atoms with E-state index in [4.69, 9.17) is 11.6 Å². The number of hydrogen-bond donors (Lipinski definition) is 1. The zero-order valence-corrected chi connectivity index (χ0v) is 15.7. The number of nitrogens with zero attached hydrogens (tertiary/aromatic N) is 1. The summed E-state index contributed by atoms with van der Waals surface area (Å²) in [5, 5.41) is 0.170. The van der Waals surface area contributed by atoms with E-state index < -0.39 is 10.0 Å². The van der Waals surface area contributed by atoms with Gasteiger partial charge in [-0.3, -0.25) is 9.52 Å². The number of rotatable bonds is 4. The molecule has 5 nitrogen and oxygen atoms in total. The summed E-state index contributed by atoms with van der Waals surface area (Å²) in [5.41, 5.74) is 2.32. The second-order valence-electron chi connectivity index (χ2n) is 6.75. The highest BCUT2D eigenvalue weighted by atomic mass is 35.5. The molecular weight excluding hydrogens is 372 g/mol. The average Bonchev–Trinajstić information content (AvgIpc) is 3.45. The number of sulfonamides is 1. The minimum absolute atomic E-state index is 0.0327. The molecule has 0 radical (unpaired) electrons. The van der Waals surface area contributed by atoms with Crippen LogP contribution in [0.4, 0.5) is 11.4 Å². The Morgan fingerprint density at radius 2 is 1.92 bits per heavy atom. The number of aryl methyl sites for hydroxylation is 1. The van der Waals surface area contributed by atoms with Crippen molar-refractivity contribution < 1.29 is 13.2 Å². The van der Waals surface area contributed by atoms with Gasteiger partial charge in [-0.15, -0.1) is 0 Å². The lowest BCUT2D eigenvalue weighted by Crippen LogP contribution is -2.36. The molecule has 2 aliphatic rings. The van der Waals surface area contributed by atoms with Crippen LogP contribution >= 0.6 is 11.6 Å². The molecule has 0 aromatic heterocycles. The van der Waals surface area contributed by atoms with Crippen LogP contribution in [0.3, 0.4) is 0 Å². The summed E-state index contributed by atoms with van der Waals surface area (Å²) in [6.07, 6.45) is 3.71. The Morgan fingerprint density at radius 1 is 1.15 bits per heavy atom. The van der Waals surface area contributed by atoms with Crippen LogP contribution in [0, 0.1) is 5.92 Å². The highest BCUT2D eigenvalue weighted by molar-refractivity contribution is 7.92. The molecule has 1 saturated carbocycles. The van der Waals surface area contributed by atoms with E-state index in [-0.39, 0.29) is 21.7 Å². The number of halogens is 1. The summed E-state index contributed by atoms with van der Waals surface area (Å²) in [6, 6.07) is 11.7. The van der Waals surface area contributed by atoms with Gasteiger partial charge in [-0.1, -0.05) is 29.8 Å². The van der Waals surface area contributed by atoms with Crippen LogP contribution in [0.5, 0.6) is 0 Å². The number of amides is 1. The molecule has 0 spiro atoms. The number of carbonyl (C=O) groups excluding carboxylic acids is 1. The first-order valence-corrected chi connectivity index (χ1v) is 10.5. The minimum Gasteiger partial charge on any atom is -0.312 e.